The van der Waals surface area contributed by atoms with Gasteiger partial charge in [-0.3, -0.25) is 9.59 Å². The number of nitrogens with zero attached hydrogens (tertiary/aromatic N) is 2. The molecule has 0 aromatic carbocycles. The monoisotopic (exact) mass is 282 g/mol. The van der Waals surface area contributed by atoms with Crippen LogP contribution in [0.2, 0.25) is 0 Å². The van der Waals surface area contributed by atoms with Gasteiger partial charge in [0, 0.05) is 25.0 Å². The molecule has 0 saturated carbocycles. The summed E-state index contributed by atoms with van der Waals surface area (Å²) in [6.45, 7) is 1.04. The Morgan fingerprint density at radius 2 is 2.21 bits per heavy atom. The number of carbonyl (C=O) groups excluding carboxylic acids is 2. The summed E-state index contributed by atoms with van der Waals surface area (Å²) in [5.74, 6) is -0.391. The molecule has 2 N–H and O–H groups in total. The molecule has 1 aromatic heterocycles. The fourth-order valence-electron chi connectivity index (χ4n) is 1.22. The zero-order chi connectivity index (χ0) is 14.3. The lowest BCUT2D eigenvalue weighted by atomic mass is 10.4. The fraction of sp³-hybridized carbons (Fsp3) is 0.417. The number of hydrogen-bond acceptors (Lipinski definition) is 5. The Balaban J connectivity index is 2.40. The van der Waals surface area contributed by atoms with E-state index in [0.717, 1.165) is 0 Å². The molecule has 0 fully saturated rings. The average molecular weight is 282 g/mol. The molecular weight excluding hydrogens is 264 g/mol. The molecule has 0 atom stereocenters. The summed E-state index contributed by atoms with van der Waals surface area (Å²) in [5.41, 5.74) is 0.375. The van der Waals surface area contributed by atoms with E-state index in [1.807, 2.05) is 19.0 Å². The van der Waals surface area contributed by atoms with Gasteiger partial charge in [-0.05, 0) is 14.1 Å². The van der Waals surface area contributed by atoms with Gasteiger partial charge in [0.25, 0.3) is 5.91 Å². The molecule has 0 aliphatic carbocycles. The van der Waals surface area contributed by atoms with Crippen LogP contribution in [-0.4, -0.2) is 49.4 Å². The van der Waals surface area contributed by atoms with Crippen LogP contribution in [0.1, 0.15) is 15.5 Å². The number of nitrogens with one attached hydrogen (secondary N) is 2. The Morgan fingerprint density at radius 1 is 1.47 bits per heavy atom. The smallest absolute Gasteiger partial charge is 0.270 e. The number of carbonyl (C=O) groups is 2. The molecule has 7 heteroatoms. The summed E-state index contributed by atoms with van der Waals surface area (Å²) in [7, 11) is 5.41. The second-order valence-corrected chi connectivity index (χ2v) is 5.03. The van der Waals surface area contributed by atoms with E-state index in [1.165, 1.54) is 17.4 Å². The molecule has 0 bridgehead atoms. The lowest BCUT2D eigenvalue weighted by molar-refractivity contribution is -0.116. The average Bonchev–Trinajstić information content (AvgIpc) is 2.83. The van der Waals surface area contributed by atoms with Crippen LogP contribution < -0.4 is 10.6 Å². The largest absolute Gasteiger partial charge is 0.354 e. The first kappa shape index (κ1) is 15.3. The Kier molecular flexibility index (Phi) is 6.17. The van der Waals surface area contributed by atoms with Crippen molar-refractivity contribution < 1.29 is 9.59 Å². The molecule has 1 rings (SSSR count). The summed E-state index contributed by atoms with van der Waals surface area (Å²) >= 11 is 1.34. The predicted molar refractivity (Wildman–Crippen MR) is 75.0 cm³/mol. The minimum atomic E-state index is -0.222. The highest BCUT2D eigenvalue weighted by Gasteiger charge is 2.08. The van der Waals surface area contributed by atoms with Crippen LogP contribution in [0.5, 0.6) is 0 Å². The van der Waals surface area contributed by atoms with Gasteiger partial charge < -0.3 is 15.5 Å². The van der Waals surface area contributed by atoms with Crippen LogP contribution >= 0.6 is 11.3 Å². The number of likely N-dealkylation sites (N-methyl/N-ethyl adjacent to an activating group) is 1. The Morgan fingerprint density at radius 3 is 2.84 bits per heavy atom. The Hall–Kier alpha value is -1.73. The van der Waals surface area contributed by atoms with E-state index in [0.29, 0.717) is 23.8 Å². The number of thiazole rings is 1. The third-order valence-electron chi connectivity index (χ3n) is 2.17. The van der Waals surface area contributed by atoms with Crippen molar-refractivity contribution in [3.8, 4) is 0 Å². The van der Waals surface area contributed by atoms with E-state index in [2.05, 4.69) is 15.6 Å². The van der Waals surface area contributed by atoms with E-state index < -0.39 is 0 Å². The SMILES string of the molecule is CNC(=O)c1csc(CNC(=O)/C=C/CN(C)C)n1. The van der Waals surface area contributed by atoms with Crippen molar-refractivity contribution in [2.45, 2.75) is 6.54 Å². The van der Waals surface area contributed by atoms with Crippen molar-refractivity contribution in [1.29, 1.82) is 0 Å². The van der Waals surface area contributed by atoms with Crippen LogP contribution in [0.3, 0.4) is 0 Å². The first-order valence-electron chi connectivity index (χ1n) is 5.78. The minimum Gasteiger partial charge on any atom is -0.354 e. The Labute approximate surface area is 116 Å². The van der Waals surface area contributed by atoms with Gasteiger partial charge in [-0.25, -0.2) is 4.98 Å². The quantitative estimate of drug-likeness (QED) is 0.733. The molecule has 0 saturated heterocycles. The molecule has 1 aromatic rings. The number of amides is 2. The minimum absolute atomic E-state index is 0.168. The van der Waals surface area contributed by atoms with Crippen molar-refractivity contribution in [2.24, 2.45) is 0 Å². The normalized spacial score (nSPS) is 10.9. The molecule has 0 spiro atoms. The van der Waals surface area contributed by atoms with Gasteiger partial charge in [0.2, 0.25) is 5.91 Å². The predicted octanol–water partition coefficient (Wildman–Crippen LogP) is 0.237. The molecule has 1 heterocycles. The van der Waals surface area contributed by atoms with Crippen LogP contribution in [0.25, 0.3) is 0 Å². The van der Waals surface area contributed by atoms with Crippen molar-refractivity contribution in [2.75, 3.05) is 27.7 Å². The summed E-state index contributed by atoms with van der Waals surface area (Å²) in [4.78, 5) is 28.9. The van der Waals surface area contributed by atoms with Gasteiger partial charge in [-0.2, -0.15) is 0 Å². The highest BCUT2D eigenvalue weighted by molar-refractivity contribution is 7.09. The molecule has 104 valence electrons. The summed E-state index contributed by atoms with van der Waals surface area (Å²) in [6, 6.07) is 0. The van der Waals surface area contributed by atoms with Crippen LogP contribution in [0.4, 0.5) is 0 Å². The molecule has 0 radical (unpaired) electrons. The third-order valence-corrected chi connectivity index (χ3v) is 3.01. The fourth-order valence-corrected chi connectivity index (χ4v) is 1.93. The molecule has 2 amide bonds. The molecule has 6 nitrogen and oxygen atoms in total. The number of hydrogen-bond donors (Lipinski definition) is 2. The summed E-state index contributed by atoms with van der Waals surface area (Å²) < 4.78 is 0. The maximum atomic E-state index is 11.5. The van der Waals surface area contributed by atoms with E-state index in [9.17, 15) is 9.59 Å². The number of aromatic nitrogens is 1. The van der Waals surface area contributed by atoms with Crippen molar-refractivity contribution in [3.05, 3.63) is 28.2 Å². The van der Waals surface area contributed by atoms with Gasteiger partial charge in [-0.15, -0.1) is 11.3 Å². The van der Waals surface area contributed by atoms with E-state index in [-0.39, 0.29) is 11.8 Å². The second kappa shape index (κ2) is 7.65. The van der Waals surface area contributed by atoms with Gasteiger partial charge in [0.05, 0.1) is 6.54 Å². The van der Waals surface area contributed by atoms with Gasteiger partial charge in [0.1, 0.15) is 10.7 Å². The maximum Gasteiger partial charge on any atom is 0.270 e. The summed E-state index contributed by atoms with van der Waals surface area (Å²) in [5, 5.41) is 7.59. The van der Waals surface area contributed by atoms with Crippen LogP contribution in [0, 0.1) is 0 Å². The number of rotatable bonds is 6. The van der Waals surface area contributed by atoms with E-state index >= 15 is 0 Å². The first-order chi connectivity index (χ1) is 9.02. The standard InChI is InChI=1S/C12H18N4O2S/c1-13-12(18)9-8-19-11(15-9)7-14-10(17)5-4-6-16(2)3/h4-5,8H,6-7H2,1-3H3,(H,13,18)(H,14,17)/b5-4+. The molecule has 0 aliphatic rings. The second-order valence-electron chi connectivity index (χ2n) is 4.09. The molecule has 19 heavy (non-hydrogen) atoms. The lowest BCUT2D eigenvalue weighted by Gasteiger charge is -2.03. The Bertz CT molecular complexity index is 468. The van der Waals surface area contributed by atoms with Gasteiger partial charge in [0.15, 0.2) is 0 Å². The van der Waals surface area contributed by atoms with Gasteiger partial charge in [-0.1, -0.05) is 6.08 Å². The van der Waals surface area contributed by atoms with Crippen molar-refractivity contribution in [1.82, 2.24) is 20.5 Å². The maximum absolute atomic E-state index is 11.5. The lowest BCUT2D eigenvalue weighted by Crippen LogP contribution is -2.21. The molecular formula is C12H18N4O2S. The van der Waals surface area contributed by atoms with Crippen LogP contribution in [-0.2, 0) is 11.3 Å². The molecule has 0 aliphatic heterocycles. The molecule has 0 unspecified atom stereocenters. The third kappa shape index (κ3) is 5.62. The highest BCUT2D eigenvalue weighted by atomic mass is 32.1. The highest BCUT2D eigenvalue weighted by Crippen LogP contribution is 2.09. The van der Waals surface area contributed by atoms with E-state index in [1.54, 1.807) is 18.5 Å². The zero-order valence-electron chi connectivity index (χ0n) is 11.3. The first-order valence-corrected chi connectivity index (χ1v) is 6.66. The summed E-state index contributed by atoms with van der Waals surface area (Å²) in [6.07, 6.45) is 3.28. The van der Waals surface area contributed by atoms with Crippen molar-refractivity contribution in [3.63, 3.8) is 0 Å². The van der Waals surface area contributed by atoms with E-state index in [4.69, 9.17) is 0 Å². The van der Waals surface area contributed by atoms with Crippen LogP contribution in [0.15, 0.2) is 17.5 Å². The van der Waals surface area contributed by atoms with Gasteiger partial charge >= 0.3 is 0 Å². The zero-order valence-corrected chi connectivity index (χ0v) is 12.1. The van der Waals surface area contributed by atoms with Crippen molar-refractivity contribution >= 4 is 23.2 Å². The topological polar surface area (TPSA) is 74.3 Å².